The van der Waals surface area contributed by atoms with E-state index in [1.54, 1.807) is 12.3 Å². The highest BCUT2D eigenvalue weighted by Gasteiger charge is 2.00. The van der Waals surface area contributed by atoms with Gasteiger partial charge in [-0.05, 0) is 25.0 Å². The van der Waals surface area contributed by atoms with Crippen LogP contribution < -0.4 is 10.5 Å². The second kappa shape index (κ2) is 4.50. The number of nitrogen functional groups attached to an aromatic ring is 1. The molecule has 70 valence electrons. The van der Waals surface area contributed by atoms with Crippen LogP contribution in [0.3, 0.4) is 0 Å². The van der Waals surface area contributed by atoms with Gasteiger partial charge in [0, 0.05) is 6.20 Å². The van der Waals surface area contributed by atoms with Gasteiger partial charge in [-0.1, -0.05) is 6.08 Å². The van der Waals surface area contributed by atoms with Crippen LogP contribution in [-0.4, -0.2) is 11.6 Å². The maximum Gasteiger partial charge on any atom is 0.237 e. The fourth-order valence-electron chi connectivity index (χ4n) is 0.939. The summed E-state index contributed by atoms with van der Waals surface area (Å²) >= 11 is 0. The third-order valence-corrected chi connectivity index (χ3v) is 1.58. The Labute approximate surface area is 78.2 Å². The predicted octanol–water partition coefficient (Wildman–Crippen LogP) is 1.93. The third-order valence-electron chi connectivity index (χ3n) is 1.58. The molecule has 1 aromatic rings. The molecule has 0 spiro atoms. The summed E-state index contributed by atoms with van der Waals surface area (Å²) in [4.78, 5) is 4.07. The number of ether oxygens (including phenoxy) is 1. The Morgan fingerprint density at radius 1 is 1.69 bits per heavy atom. The van der Waals surface area contributed by atoms with Gasteiger partial charge in [-0.15, -0.1) is 6.58 Å². The van der Waals surface area contributed by atoms with Crippen LogP contribution in [-0.2, 0) is 0 Å². The minimum Gasteiger partial charge on any atom is -0.476 e. The van der Waals surface area contributed by atoms with Crippen molar-refractivity contribution in [1.82, 2.24) is 4.98 Å². The van der Waals surface area contributed by atoms with Crippen LogP contribution in [0.4, 0.5) is 5.69 Å². The van der Waals surface area contributed by atoms with E-state index in [0.29, 0.717) is 18.2 Å². The van der Waals surface area contributed by atoms with Gasteiger partial charge < -0.3 is 10.5 Å². The van der Waals surface area contributed by atoms with Crippen LogP contribution in [0.25, 0.3) is 0 Å². The highest BCUT2D eigenvalue weighted by molar-refractivity contribution is 5.49. The Morgan fingerprint density at radius 2 is 2.46 bits per heavy atom. The lowest BCUT2D eigenvalue weighted by molar-refractivity contribution is 0.314. The Balaban J connectivity index is 2.61. The van der Waals surface area contributed by atoms with Crippen LogP contribution in [0.5, 0.6) is 5.88 Å². The lowest BCUT2D eigenvalue weighted by Gasteiger charge is -2.06. The molecule has 1 heterocycles. The van der Waals surface area contributed by atoms with Crippen molar-refractivity contribution in [3.8, 4) is 5.88 Å². The molecule has 0 radical (unpaired) electrons. The molecule has 0 bridgehead atoms. The smallest absolute Gasteiger partial charge is 0.237 e. The summed E-state index contributed by atoms with van der Waals surface area (Å²) in [5.41, 5.74) is 7.31. The van der Waals surface area contributed by atoms with Gasteiger partial charge >= 0.3 is 0 Å². The molecule has 0 aromatic carbocycles. The first-order chi connectivity index (χ1) is 6.24. The molecule has 13 heavy (non-hydrogen) atoms. The first kappa shape index (κ1) is 9.58. The van der Waals surface area contributed by atoms with E-state index in [2.05, 4.69) is 11.6 Å². The highest BCUT2D eigenvalue weighted by Crippen LogP contribution is 2.18. The lowest BCUT2D eigenvalue weighted by atomic mass is 10.3. The van der Waals surface area contributed by atoms with Crippen LogP contribution in [0.2, 0.25) is 0 Å². The fraction of sp³-hybridized carbons (Fsp3) is 0.300. The minimum atomic E-state index is 0.507. The maximum atomic E-state index is 5.69. The van der Waals surface area contributed by atoms with E-state index in [1.807, 2.05) is 13.0 Å². The highest BCUT2D eigenvalue weighted by atomic mass is 16.5. The Hall–Kier alpha value is -1.51. The summed E-state index contributed by atoms with van der Waals surface area (Å²) in [5.74, 6) is 0.507. The van der Waals surface area contributed by atoms with E-state index in [1.165, 1.54) is 0 Å². The average Bonchev–Trinajstić information content (AvgIpc) is 2.09. The predicted molar refractivity (Wildman–Crippen MR) is 53.7 cm³/mol. The molecule has 1 rings (SSSR count). The van der Waals surface area contributed by atoms with Crippen molar-refractivity contribution in [3.05, 3.63) is 30.5 Å². The molecule has 0 aliphatic rings. The molecule has 0 atom stereocenters. The molecule has 1 aromatic heterocycles. The van der Waals surface area contributed by atoms with E-state index < -0.39 is 0 Å². The number of hydrogen-bond donors (Lipinski definition) is 1. The minimum absolute atomic E-state index is 0.507. The maximum absolute atomic E-state index is 5.69. The van der Waals surface area contributed by atoms with Crippen molar-refractivity contribution in [2.45, 2.75) is 13.3 Å². The molecular formula is C10H14N2O. The third kappa shape index (κ3) is 2.78. The van der Waals surface area contributed by atoms with Crippen molar-refractivity contribution >= 4 is 5.69 Å². The van der Waals surface area contributed by atoms with Gasteiger partial charge in [-0.25, -0.2) is 4.98 Å². The van der Waals surface area contributed by atoms with E-state index >= 15 is 0 Å². The van der Waals surface area contributed by atoms with Crippen LogP contribution in [0, 0.1) is 6.92 Å². The molecule has 0 aliphatic carbocycles. The van der Waals surface area contributed by atoms with E-state index in [4.69, 9.17) is 10.5 Å². The molecule has 0 amide bonds. The summed E-state index contributed by atoms with van der Waals surface area (Å²) in [6.45, 7) is 6.11. The number of pyridine rings is 1. The largest absolute Gasteiger partial charge is 0.476 e. The second-order valence-corrected chi connectivity index (χ2v) is 2.83. The summed E-state index contributed by atoms with van der Waals surface area (Å²) < 4.78 is 5.32. The van der Waals surface area contributed by atoms with Crippen LogP contribution >= 0.6 is 0 Å². The molecule has 2 N–H and O–H groups in total. The molecular weight excluding hydrogens is 164 g/mol. The monoisotopic (exact) mass is 178 g/mol. The summed E-state index contributed by atoms with van der Waals surface area (Å²) in [7, 11) is 0. The SMILES string of the molecule is C=CCCOc1ncc(C)cc1N. The number of aryl methyl sites for hydroxylation is 1. The van der Waals surface area contributed by atoms with Gasteiger partial charge in [0.1, 0.15) is 0 Å². The van der Waals surface area contributed by atoms with E-state index in [9.17, 15) is 0 Å². The zero-order valence-corrected chi connectivity index (χ0v) is 7.79. The van der Waals surface area contributed by atoms with Crippen molar-refractivity contribution in [2.24, 2.45) is 0 Å². The molecule has 0 unspecified atom stereocenters. The Bertz CT molecular complexity index is 297. The second-order valence-electron chi connectivity index (χ2n) is 2.83. The topological polar surface area (TPSA) is 48.1 Å². The van der Waals surface area contributed by atoms with Gasteiger partial charge in [0.25, 0.3) is 0 Å². The Kier molecular flexibility index (Phi) is 3.31. The zero-order valence-electron chi connectivity index (χ0n) is 7.79. The number of aromatic nitrogens is 1. The van der Waals surface area contributed by atoms with Gasteiger partial charge in [0.2, 0.25) is 5.88 Å². The number of anilines is 1. The van der Waals surface area contributed by atoms with Gasteiger partial charge in [0.15, 0.2) is 0 Å². The first-order valence-electron chi connectivity index (χ1n) is 4.20. The van der Waals surface area contributed by atoms with Crippen LogP contribution in [0.15, 0.2) is 24.9 Å². The molecule has 3 nitrogen and oxygen atoms in total. The van der Waals surface area contributed by atoms with Gasteiger partial charge in [-0.3, -0.25) is 0 Å². The first-order valence-corrected chi connectivity index (χ1v) is 4.20. The van der Waals surface area contributed by atoms with Crippen molar-refractivity contribution in [2.75, 3.05) is 12.3 Å². The lowest BCUT2D eigenvalue weighted by Crippen LogP contribution is -2.01. The molecule has 0 fully saturated rings. The standard InChI is InChI=1S/C10H14N2O/c1-3-4-5-13-10-9(11)6-8(2)7-12-10/h3,6-7H,1,4-5,11H2,2H3. The van der Waals surface area contributed by atoms with E-state index in [0.717, 1.165) is 12.0 Å². The molecule has 0 aliphatic heterocycles. The van der Waals surface area contributed by atoms with E-state index in [-0.39, 0.29) is 0 Å². The zero-order chi connectivity index (χ0) is 9.68. The summed E-state index contributed by atoms with van der Waals surface area (Å²) in [6.07, 6.45) is 4.33. The normalized spacial score (nSPS) is 9.62. The average molecular weight is 178 g/mol. The molecule has 0 saturated heterocycles. The van der Waals surface area contributed by atoms with Crippen molar-refractivity contribution in [1.29, 1.82) is 0 Å². The summed E-state index contributed by atoms with van der Waals surface area (Å²) in [5, 5.41) is 0. The van der Waals surface area contributed by atoms with Crippen molar-refractivity contribution < 1.29 is 4.74 Å². The quantitative estimate of drug-likeness (QED) is 0.566. The summed E-state index contributed by atoms with van der Waals surface area (Å²) in [6, 6.07) is 1.84. The van der Waals surface area contributed by atoms with Gasteiger partial charge in [-0.2, -0.15) is 0 Å². The number of hydrogen-bond acceptors (Lipinski definition) is 3. The fourth-order valence-corrected chi connectivity index (χ4v) is 0.939. The van der Waals surface area contributed by atoms with Crippen molar-refractivity contribution in [3.63, 3.8) is 0 Å². The van der Waals surface area contributed by atoms with Gasteiger partial charge in [0.05, 0.1) is 12.3 Å². The number of nitrogens with zero attached hydrogens (tertiary/aromatic N) is 1. The number of nitrogens with two attached hydrogens (primary N) is 1. The number of rotatable bonds is 4. The molecule has 3 heteroatoms. The Morgan fingerprint density at radius 3 is 3.08 bits per heavy atom. The van der Waals surface area contributed by atoms with Crippen LogP contribution in [0.1, 0.15) is 12.0 Å². The molecule has 0 saturated carbocycles.